The van der Waals surface area contributed by atoms with Crippen LogP contribution in [0.15, 0.2) is 36.5 Å². The van der Waals surface area contributed by atoms with Gasteiger partial charge in [-0.2, -0.15) is 4.98 Å². The first-order valence-electron chi connectivity index (χ1n) is 9.48. The zero-order valence-corrected chi connectivity index (χ0v) is 17.5. The van der Waals surface area contributed by atoms with Crippen molar-refractivity contribution in [1.82, 2.24) is 14.7 Å². The van der Waals surface area contributed by atoms with Crippen molar-refractivity contribution in [2.45, 2.75) is 26.8 Å². The molecule has 2 aromatic rings. The molecule has 0 spiro atoms. The molecule has 0 aliphatic carbocycles. The predicted octanol–water partition coefficient (Wildman–Crippen LogP) is 2.01. The molecule has 158 valence electrons. The van der Waals surface area contributed by atoms with Crippen LogP contribution in [0, 0.1) is 0 Å². The fraction of sp³-hybridized carbons (Fsp3) is 0.421. The normalized spacial score (nSPS) is 11.1. The van der Waals surface area contributed by atoms with E-state index in [1.165, 1.54) is 6.20 Å². The third-order valence-corrected chi connectivity index (χ3v) is 5.38. The summed E-state index contributed by atoms with van der Waals surface area (Å²) in [6.07, 6.45) is 1.94. The number of carbonyl (C=O) groups is 1. The molecule has 0 aliphatic heterocycles. The molecule has 1 heterocycles. The number of sulfonamides is 1. The summed E-state index contributed by atoms with van der Waals surface area (Å²) in [5, 5.41) is 6.09. The van der Waals surface area contributed by atoms with E-state index in [9.17, 15) is 13.2 Å². The molecule has 0 atom stereocenters. The molecular formula is C19H27N5O4S. The van der Waals surface area contributed by atoms with Crippen LogP contribution in [-0.2, 0) is 21.3 Å². The first kappa shape index (κ1) is 22.6. The van der Waals surface area contributed by atoms with Crippen LogP contribution in [0.3, 0.4) is 0 Å². The van der Waals surface area contributed by atoms with E-state index in [1.807, 2.05) is 30.3 Å². The van der Waals surface area contributed by atoms with E-state index >= 15 is 0 Å². The zero-order valence-electron chi connectivity index (χ0n) is 16.6. The summed E-state index contributed by atoms with van der Waals surface area (Å²) in [7, 11) is -3.26. The molecule has 0 aliphatic rings. The lowest BCUT2D eigenvalue weighted by Crippen LogP contribution is -2.31. The van der Waals surface area contributed by atoms with Gasteiger partial charge < -0.3 is 15.4 Å². The van der Waals surface area contributed by atoms with Crippen LogP contribution in [-0.4, -0.2) is 49.8 Å². The number of ether oxygens (including phenoxy) is 1. The van der Waals surface area contributed by atoms with E-state index in [0.717, 1.165) is 5.56 Å². The number of carbonyl (C=O) groups excluding carboxylic acids is 1. The van der Waals surface area contributed by atoms with Gasteiger partial charge in [-0.3, -0.25) is 0 Å². The Morgan fingerprint density at radius 1 is 1.10 bits per heavy atom. The number of rotatable bonds is 12. The Kier molecular flexibility index (Phi) is 8.81. The van der Waals surface area contributed by atoms with Crippen molar-refractivity contribution in [3.05, 3.63) is 47.7 Å². The fourth-order valence-corrected chi connectivity index (χ4v) is 3.56. The molecule has 0 fully saturated rings. The SMILES string of the molecule is CCCS(=O)(=O)NCCNc1ncc(C(=O)OCC)c(NCc2ccccc2)n1. The van der Waals surface area contributed by atoms with Gasteiger partial charge in [0.1, 0.15) is 11.4 Å². The fourth-order valence-electron chi connectivity index (χ4n) is 2.46. The molecule has 10 heteroatoms. The second kappa shape index (κ2) is 11.3. The number of esters is 1. The predicted molar refractivity (Wildman–Crippen MR) is 112 cm³/mol. The maximum Gasteiger partial charge on any atom is 0.343 e. The number of nitrogens with one attached hydrogen (secondary N) is 3. The molecule has 2 rings (SSSR count). The van der Waals surface area contributed by atoms with Crippen LogP contribution in [0.1, 0.15) is 36.2 Å². The smallest absolute Gasteiger partial charge is 0.343 e. The molecule has 9 nitrogen and oxygen atoms in total. The first-order chi connectivity index (χ1) is 13.9. The Morgan fingerprint density at radius 3 is 2.55 bits per heavy atom. The molecule has 29 heavy (non-hydrogen) atoms. The lowest BCUT2D eigenvalue weighted by atomic mass is 10.2. The highest BCUT2D eigenvalue weighted by molar-refractivity contribution is 7.89. The standard InChI is InChI=1S/C19H27N5O4S/c1-3-12-29(26,27)23-11-10-20-19-22-14-16(18(25)28-4-2)17(24-19)21-13-15-8-6-5-7-9-15/h5-9,14,23H,3-4,10-13H2,1-2H3,(H2,20,21,22,24). The van der Waals surface area contributed by atoms with Gasteiger partial charge in [0.05, 0.1) is 12.4 Å². The number of anilines is 2. The quantitative estimate of drug-likeness (QED) is 0.351. The largest absolute Gasteiger partial charge is 0.462 e. The molecule has 0 amide bonds. The summed E-state index contributed by atoms with van der Waals surface area (Å²) < 4.78 is 30.9. The van der Waals surface area contributed by atoms with Gasteiger partial charge in [0.2, 0.25) is 16.0 Å². The minimum atomic E-state index is -3.26. The second-order valence-corrected chi connectivity index (χ2v) is 8.08. The Hall–Kier alpha value is -2.72. The number of hydrogen-bond acceptors (Lipinski definition) is 8. The molecular weight excluding hydrogens is 394 g/mol. The highest BCUT2D eigenvalue weighted by Crippen LogP contribution is 2.16. The number of hydrogen-bond donors (Lipinski definition) is 3. The van der Waals surface area contributed by atoms with Gasteiger partial charge in [-0.15, -0.1) is 0 Å². The average molecular weight is 422 g/mol. The van der Waals surface area contributed by atoms with Crippen molar-refractivity contribution >= 4 is 27.8 Å². The van der Waals surface area contributed by atoms with Crippen molar-refractivity contribution in [3.63, 3.8) is 0 Å². The number of aromatic nitrogens is 2. The van der Waals surface area contributed by atoms with Crippen LogP contribution in [0.25, 0.3) is 0 Å². The van der Waals surface area contributed by atoms with E-state index in [1.54, 1.807) is 13.8 Å². The molecule has 1 aromatic carbocycles. The summed E-state index contributed by atoms with van der Waals surface area (Å²) in [5.74, 6) is 0.201. The van der Waals surface area contributed by atoms with Gasteiger partial charge in [-0.1, -0.05) is 37.3 Å². The summed E-state index contributed by atoms with van der Waals surface area (Å²) in [6.45, 7) is 4.76. The van der Waals surface area contributed by atoms with Crippen molar-refractivity contribution in [1.29, 1.82) is 0 Å². The van der Waals surface area contributed by atoms with E-state index < -0.39 is 16.0 Å². The van der Waals surface area contributed by atoms with Gasteiger partial charge in [0.25, 0.3) is 0 Å². The molecule has 0 saturated carbocycles. The average Bonchev–Trinajstić information content (AvgIpc) is 2.70. The van der Waals surface area contributed by atoms with Crippen LogP contribution < -0.4 is 15.4 Å². The van der Waals surface area contributed by atoms with E-state index in [4.69, 9.17) is 4.74 Å². The van der Waals surface area contributed by atoms with E-state index in [2.05, 4.69) is 25.3 Å². The first-order valence-corrected chi connectivity index (χ1v) is 11.1. The van der Waals surface area contributed by atoms with Crippen molar-refractivity contribution < 1.29 is 17.9 Å². The van der Waals surface area contributed by atoms with Gasteiger partial charge in [-0.25, -0.2) is 22.9 Å². The highest BCUT2D eigenvalue weighted by atomic mass is 32.2. The van der Waals surface area contributed by atoms with Crippen molar-refractivity contribution in [2.24, 2.45) is 0 Å². The minimum Gasteiger partial charge on any atom is -0.462 e. The second-order valence-electron chi connectivity index (χ2n) is 6.16. The van der Waals surface area contributed by atoms with Crippen molar-refractivity contribution in [2.75, 3.05) is 36.1 Å². The molecule has 0 bridgehead atoms. The van der Waals surface area contributed by atoms with E-state index in [0.29, 0.717) is 25.3 Å². The van der Waals surface area contributed by atoms with Crippen LogP contribution in [0.4, 0.5) is 11.8 Å². The molecule has 0 unspecified atom stereocenters. The summed E-state index contributed by atoms with van der Waals surface area (Å²) in [5.41, 5.74) is 1.26. The van der Waals surface area contributed by atoms with Crippen LogP contribution >= 0.6 is 0 Å². The molecule has 3 N–H and O–H groups in total. The maximum absolute atomic E-state index is 12.2. The summed E-state index contributed by atoms with van der Waals surface area (Å²) in [6, 6.07) is 9.69. The van der Waals surface area contributed by atoms with Gasteiger partial charge >= 0.3 is 5.97 Å². The molecule has 0 radical (unpaired) electrons. The summed E-state index contributed by atoms with van der Waals surface area (Å²) in [4.78, 5) is 20.7. The van der Waals surface area contributed by atoms with Gasteiger partial charge in [-0.05, 0) is 18.9 Å². The van der Waals surface area contributed by atoms with Crippen LogP contribution in [0.5, 0.6) is 0 Å². The molecule has 1 aromatic heterocycles. The van der Waals surface area contributed by atoms with Crippen molar-refractivity contribution in [3.8, 4) is 0 Å². The summed E-state index contributed by atoms with van der Waals surface area (Å²) >= 11 is 0. The Labute approximate surface area is 171 Å². The van der Waals surface area contributed by atoms with Gasteiger partial charge in [0.15, 0.2) is 0 Å². The Bertz CT molecular complexity index is 891. The topological polar surface area (TPSA) is 122 Å². The molecule has 0 saturated heterocycles. The highest BCUT2D eigenvalue weighted by Gasteiger charge is 2.16. The number of nitrogens with zero attached hydrogens (tertiary/aromatic N) is 2. The third kappa shape index (κ3) is 7.66. The Balaban J connectivity index is 2.04. The monoisotopic (exact) mass is 421 g/mol. The zero-order chi connectivity index (χ0) is 21.1. The third-order valence-electron chi connectivity index (χ3n) is 3.79. The van der Waals surface area contributed by atoms with Crippen LogP contribution in [0.2, 0.25) is 0 Å². The maximum atomic E-state index is 12.2. The lowest BCUT2D eigenvalue weighted by Gasteiger charge is -2.13. The van der Waals surface area contributed by atoms with Gasteiger partial charge in [0, 0.05) is 25.8 Å². The number of benzene rings is 1. The minimum absolute atomic E-state index is 0.0886. The van der Waals surface area contributed by atoms with E-state index in [-0.39, 0.29) is 30.4 Å². The lowest BCUT2D eigenvalue weighted by molar-refractivity contribution is 0.0526. The Morgan fingerprint density at radius 2 is 1.86 bits per heavy atom.